The van der Waals surface area contributed by atoms with Gasteiger partial charge in [0.25, 0.3) is 0 Å². The molecule has 1 aliphatic rings. The standard InChI is InChI=1S/C8H15F3N2.2ClH/c1-7-6-12-3-5-13(7)4-2-8(9,10)11;;/h7,12H,2-6H2,1H3;2*1H/t7-;;/m0../s1. The molecule has 0 aliphatic carbocycles. The Hall–Kier alpha value is 0.290. The first-order valence-corrected chi connectivity index (χ1v) is 4.50. The molecule has 0 aromatic carbocycles. The Morgan fingerprint density at radius 1 is 1.33 bits per heavy atom. The van der Waals surface area contributed by atoms with E-state index in [2.05, 4.69) is 5.32 Å². The van der Waals surface area contributed by atoms with Gasteiger partial charge < -0.3 is 5.32 Å². The van der Waals surface area contributed by atoms with Crippen LogP contribution >= 0.6 is 24.8 Å². The Bertz CT molecular complexity index is 166. The minimum atomic E-state index is -4.02. The summed E-state index contributed by atoms with van der Waals surface area (Å²) < 4.78 is 35.7. The first-order valence-electron chi connectivity index (χ1n) is 4.50. The molecule has 7 heteroatoms. The second-order valence-electron chi connectivity index (χ2n) is 3.45. The topological polar surface area (TPSA) is 15.3 Å². The smallest absolute Gasteiger partial charge is 0.314 e. The summed E-state index contributed by atoms with van der Waals surface area (Å²) >= 11 is 0. The van der Waals surface area contributed by atoms with E-state index in [-0.39, 0.29) is 37.4 Å². The van der Waals surface area contributed by atoms with Crippen LogP contribution in [0.15, 0.2) is 0 Å². The van der Waals surface area contributed by atoms with Crippen LogP contribution in [0.4, 0.5) is 13.2 Å². The van der Waals surface area contributed by atoms with Gasteiger partial charge in [-0.3, -0.25) is 4.90 Å². The zero-order valence-corrected chi connectivity index (χ0v) is 10.1. The Labute approximate surface area is 100 Å². The molecule has 0 aromatic rings. The van der Waals surface area contributed by atoms with Gasteiger partial charge in [0.1, 0.15) is 0 Å². The summed E-state index contributed by atoms with van der Waals surface area (Å²) in [5.41, 5.74) is 0. The van der Waals surface area contributed by atoms with E-state index in [1.54, 1.807) is 0 Å². The van der Waals surface area contributed by atoms with E-state index >= 15 is 0 Å². The molecule has 1 heterocycles. The van der Waals surface area contributed by atoms with Gasteiger partial charge in [0.05, 0.1) is 6.42 Å². The van der Waals surface area contributed by atoms with Crippen molar-refractivity contribution in [2.24, 2.45) is 0 Å². The fourth-order valence-corrected chi connectivity index (χ4v) is 1.49. The fourth-order valence-electron chi connectivity index (χ4n) is 1.49. The second kappa shape index (κ2) is 7.54. The van der Waals surface area contributed by atoms with Crippen molar-refractivity contribution >= 4 is 24.8 Å². The SMILES string of the molecule is C[C@H]1CNCCN1CCC(F)(F)F.Cl.Cl. The molecule has 0 aromatic heterocycles. The number of hydrogen-bond acceptors (Lipinski definition) is 2. The highest BCUT2D eigenvalue weighted by Gasteiger charge is 2.29. The summed E-state index contributed by atoms with van der Waals surface area (Å²) in [6, 6.07) is 0.219. The molecule has 1 aliphatic heterocycles. The van der Waals surface area contributed by atoms with Crippen molar-refractivity contribution in [3.63, 3.8) is 0 Å². The number of hydrogen-bond donors (Lipinski definition) is 1. The lowest BCUT2D eigenvalue weighted by Gasteiger charge is -2.33. The van der Waals surface area contributed by atoms with Gasteiger partial charge in [-0.2, -0.15) is 13.2 Å². The lowest BCUT2D eigenvalue weighted by molar-refractivity contribution is -0.139. The van der Waals surface area contributed by atoms with Crippen LogP contribution in [-0.4, -0.2) is 43.3 Å². The summed E-state index contributed by atoms with van der Waals surface area (Å²) in [4.78, 5) is 1.88. The second-order valence-corrected chi connectivity index (χ2v) is 3.45. The summed E-state index contributed by atoms with van der Waals surface area (Å²) in [7, 11) is 0. The molecular weight excluding hydrogens is 252 g/mol. The van der Waals surface area contributed by atoms with Crippen molar-refractivity contribution in [3.05, 3.63) is 0 Å². The van der Waals surface area contributed by atoms with E-state index in [1.807, 2.05) is 11.8 Å². The Morgan fingerprint density at radius 3 is 2.40 bits per heavy atom. The molecule has 0 amide bonds. The monoisotopic (exact) mass is 268 g/mol. The maximum absolute atomic E-state index is 11.9. The molecule has 0 radical (unpaired) electrons. The molecule has 1 rings (SSSR count). The van der Waals surface area contributed by atoms with Crippen molar-refractivity contribution in [1.82, 2.24) is 10.2 Å². The number of rotatable bonds is 2. The van der Waals surface area contributed by atoms with Crippen molar-refractivity contribution in [1.29, 1.82) is 0 Å². The number of piperazine rings is 1. The van der Waals surface area contributed by atoms with Gasteiger partial charge in [-0.25, -0.2) is 0 Å². The molecule has 1 fully saturated rings. The fraction of sp³-hybridized carbons (Fsp3) is 1.00. The molecular formula is C8H17Cl2F3N2. The lowest BCUT2D eigenvalue weighted by atomic mass is 10.2. The van der Waals surface area contributed by atoms with Crippen molar-refractivity contribution < 1.29 is 13.2 Å². The third kappa shape index (κ3) is 7.22. The summed E-state index contributed by atoms with van der Waals surface area (Å²) in [5.74, 6) is 0. The van der Waals surface area contributed by atoms with Crippen LogP contribution in [0.5, 0.6) is 0 Å². The van der Waals surface area contributed by atoms with Crippen LogP contribution in [-0.2, 0) is 0 Å². The van der Waals surface area contributed by atoms with Gasteiger partial charge >= 0.3 is 6.18 Å². The van der Waals surface area contributed by atoms with E-state index < -0.39 is 12.6 Å². The van der Waals surface area contributed by atoms with Gasteiger partial charge in [0.15, 0.2) is 0 Å². The maximum atomic E-state index is 11.9. The van der Waals surface area contributed by atoms with Gasteiger partial charge in [-0.15, -0.1) is 24.8 Å². The predicted molar refractivity (Wildman–Crippen MR) is 59.1 cm³/mol. The van der Waals surface area contributed by atoms with Crippen LogP contribution < -0.4 is 5.32 Å². The maximum Gasteiger partial charge on any atom is 0.390 e. The highest BCUT2D eigenvalue weighted by molar-refractivity contribution is 5.85. The van der Waals surface area contributed by atoms with E-state index in [0.717, 1.165) is 19.6 Å². The minimum absolute atomic E-state index is 0. The molecule has 1 saturated heterocycles. The van der Waals surface area contributed by atoms with Gasteiger partial charge in [0, 0.05) is 32.2 Å². The Morgan fingerprint density at radius 2 is 1.93 bits per heavy atom. The number of nitrogens with one attached hydrogen (secondary N) is 1. The molecule has 0 saturated carbocycles. The molecule has 94 valence electrons. The van der Waals surface area contributed by atoms with Crippen LogP contribution in [0.25, 0.3) is 0 Å². The normalized spacial score (nSPS) is 22.8. The van der Waals surface area contributed by atoms with Gasteiger partial charge in [0.2, 0.25) is 0 Å². The van der Waals surface area contributed by atoms with Gasteiger partial charge in [-0.05, 0) is 6.92 Å². The van der Waals surface area contributed by atoms with Crippen LogP contribution in [0.2, 0.25) is 0 Å². The molecule has 1 atom stereocenters. The molecule has 15 heavy (non-hydrogen) atoms. The Kier molecular flexibility index (Phi) is 8.89. The van der Waals surface area contributed by atoms with E-state index in [4.69, 9.17) is 0 Å². The van der Waals surface area contributed by atoms with Gasteiger partial charge in [-0.1, -0.05) is 0 Å². The van der Waals surface area contributed by atoms with Crippen molar-refractivity contribution in [3.8, 4) is 0 Å². The third-order valence-corrected chi connectivity index (χ3v) is 2.32. The van der Waals surface area contributed by atoms with Crippen LogP contribution in [0.3, 0.4) is 0 Å². The number of halogens is 5. The summed E-state index contributed by atoms with van der Waals surface area (Å²) in [6.45, 7) is 4.38. The summed E-state index contributed by atoms with van der Waals surface area (Å²) in [6.07, 6.45) is -4.72. The first-order chi connectivity index (χ1) is 5.99. The first kappa shape index (κ1) is 17.7. The zero-order valence-electron chi connectivity index (χ0n) is 8.51. The Balaban J connectivity index is 0. The number of nitrogens with zero attached hydrogens (tertiary/aromatic N) is 1. The highest BCUT2D eigenvalue weighted by atomic mass is 35.5. The lowest BCUT2D eigenvalue weighted by Crippen LogP contribution is -2.50. The molecule has 2 nitrogen and oxygen atoms in total. The number of alkyl halides is 3. The largest absolute Gasteiger partial charge is 0.390 e. The van der Waals surface area contributed by atoms with E-state index in [1.165, 1.54) is 0 Å². The quantitative estimate of drug-likeness (QED) is 0.825. The predicted octanol–water partition coefficient (Wildman–Crippen LogP) is 2.08. The average Bonchev–Trinajstić information content (AvgIpc) is 2.01. The zero-order chi connectivity index (χ0) is 9.90. The van der Waals surface area contributed by atoms with E-state index in [9.17, 15) is 13.2 Å². The van der Waals surface area contributed by atoms with Crippen molar-refractivity contribution in [2.45, 2.75) is 25.6 Å². The molecule has 0 bridgehead atoms. The molecule has 0 spiro atoms. The average molecular weight is 269 g/mol. The van der Waals surface area contributed by atoms with Crippen LogP contribution in [0.1, 0.15) is 13.3 Å². The minimum Gasteiger partial charge on any atom is -0.314 e. The third-order valence-electron chi connectivity index (χ3n) is 2.32. The molecule has 0 unspecified atom stereocenters. The van der Waals surface area contributed by atoms with Crippen LogP contribution in [0, 0.1) is 0 Å². The summed E-state index contributed by atoms with van der Waals surface area (Å²) in [5, 5.41) is 3.14. The van der Waals surface area contributed by atoms with E-state index in [0.29, 0.717) is 0 Å². The highest BCUT2D eigenvalue weighted by Crippen LogP contribution is 2.20. The van der Waals surface area contributed by atoms with Crippen molar-refractivity contribution in [2.75, 3.05) is 26.2 Å². The molecule has 1 N–H and O–H groups in total.